The van der Waals surface area contributed by atoms with E-state index < -0.39 is 0 Å². The topological polar surface area (TPSA) is 75.1 Å². The molecule has 7 heteroatoms. The molecule has 3 heterocycles. The van der Waals surface area contributed by atoms with Crippen LogP contribution in [0.4, 0.5) is 16.3 Å². The molecule has 28 heavy (non-hydrogen) atoms. The summed E-state index contributed by atoms with van der Waals surface area (Å²) >= 11 is 0. The molecule has 1 aliphatic rings. The number of para-hydroxylation sites is 1. The summed E-state index contributed by atoms with van der Waals surface area (Å²) in [6, 6.07) is 15.9. The van der Waals surface area contributed by atoms with Gasteiger partial charge in [0, 0.05) is 50.0 Å². The molecule has 3 aromatic rings. The summed E-state index contributed by atoms with van der Waals surface area (Å²) in [6.45, 7) is 3.29. The number of benzene rings is 1. The van der Waals surface area contributed by atoms with Crippen molar-refractivity contribution in [3.05, 3.63) is 72.7 Å². The maximum Gasteiger partial charge on any atom is 0.320 e. The van der Waals surface area contributed by atoms with Gasteiger partial charge in [-0.3, -0.25) is 15.0 Å². The fraction of sp³-hybridized carbons (Fsp3) is 0.286. The standard InChI is InChI=1S/C21H24N6O/c28-21(23-14-18-8-12-26(15-18)19-4-2-1-3-5-19)24-20-9-13-27(25-20)16-17-6-10-22-11-7-17/h1-7,9-11,13,18H,8,12,14-16H2,(H2,23,24,25,28). The van der Waals surface area contributed by atoms with Crippen molar-refractivity contribution in [2.75, 3.05) is 29.9 Å². The van der Waals surface area contributed by atoms with Crippen LogP contribution in [0.2, 0.25) is 0 Å². The summed E-state index contributed by atoms with van der Waals surface area (Å²) in [4.78, 5) is 18.6. The summed E-state index contributed by atoms with van der Waals surface area (Å²) in [5.41, 5.74) is 2.35. The average Bonchev–Trinajstić information content (AvgIpc) is 3.38. The summed E-state index contributed by atoms with van der Waals surface area (Å²) in [7, 11) is 0. The number of urea groups is 1. The molecular formula is C21H24N6O. The molecule has 0 radical (unpaired) electrons. The second-order valence-corrected chi connectivity index (χ2v) is 7.03. The molecule has 0 aliphatic carbocycles. The molecule has 0 saturated carbocycles. The van der Waals surface area contributed by atoms with Crippen LogP contribution in [-0.2, 0) is 6.54 Å². The SMILES string of the molecule is O=C(NCC1CCN(c2ccccc2)C1)Nc1ccn(Cc2ccncc2)n1. The summed E-state index contributed by atoms with van der Waals surface area (Å²) < 4.78 is 1.79. The number of nitrogens with zero attached hydrogens (tertiary/aromatic N) is 4. The molecule has 4 rings (SSSR count). The highest BCUT2D eigenvalue weighted by Crippen LogP contribution is 2.22. The van der Waals surface area contributed by atoms with Crippen LogP contribution >= 0.6 is 0 Å². The number of hydrogen-bond donors (Lipinski definition) is 2. The van der Waals surface area contributed by atoms with Crippen LogP contribution in [0.5, 0.6) is 0 Å². The van der Waals surface area contributed by atoms with Gasteiger partial charge in [-0.05, 0) is 42.2 Å². The molecule has 1 aromatic carbocycles. The summed E-state index contributed by atoms with van der Waals surface area (Å²) in [5.74, 6) is 0.999. The van der Waals surface area contributed by atoms with E-state index in [0.717, 1.165) is 25.1 Å². The van der Waals surface area contributed by atoms with E-state index in [2.05, 4.69) is 49.9 Å². The van der Waals surface area contributed by atoms with Gasteiger partial charge in [0.25, 0.3) is 0 Å². The third-order valence-corrected chi connectivity index (χ3v) is 4.93. The Morgan fingerprint density at radius 1 is 1.11 bits per heavy atom. The fourth-order valence-electron chi connectivity index (χ4n) is 3.46. The number of nitrogens with one attached hydrogen (secondary N) is 2. The van der Waals surface area contributed by atoms with Crippen LogP contribution in [0.3, 0.4) is 0 Å². The van der Waals surface area contributed by atoms with Crippen molar-refractivity contribution in [3.63, 3.8) is 0 Å². The van der Waals surface area contributed by atoms with Gasteiger partial charge in [-0.25, -0.2) is 4.79 Å². The van der Waals surface area contributed by atoms with Crippen LogP contribution in [0.15, 0.2) is 67.1 Å². The van der Waals surface area contributed by atoms with Crippen molar-refractivity contribution in [2.45, 2.75) is 13.0 Å². The zero-order valence-corrected chi connectivity index (χ0v) is 15.7. The van der Waals surface area contributed by atoms with Crippen molar-refractivity contribution in [1.29, 1.82) is 0 Å². The number of rotatable bonds is 6. The molecule has 0 bridgehead atoms. The number of hydrogen-bond acceptors (Lipinski definition) is 4. The molecular weight excluding hydrogens is 352 g/mol. The number of amides is 2. The van der Waals surface area contributed by atoms with Gasteiger partial charge in [0.15, 0.2) is 5.82 Å². The van der Waals surface area contributed by atoms with Gasteiger partial charge >= 0.3 is 6.03 Å². The van der Waals surface area contributed by atoms with Gasteiger partial charge in [-0.1, -0.05) is 18.2 Å². The lowest BCUT2D eigenvalue weighted by molar-refractivity contribution is 0.250. The maximum absolute atomic E-state index is 12.2. The van der Waals surface area contributed by atoms with E-state index in [1.54, 1.807) is 23.1 Å². The van der Waals surface area contributed by atoms with Crippen molar-refractivity contribution >= 4 is 17.5 Å². The first-order valence-electron chi connectivity index (χ1n) is 9.53. The highest BCUT2D eigenvalue weighted by molar-refractivity contribution is 5.88. The fourth-order valence-corrected chi connectivity index (χ4v) is 3.46. The highest BCUT2D eigenvalue weighted by atomic mass is 16.2. The lowest BCUT2D eigenvalue weighted by Gasteiger charge is -2.18. The minimum Gasteiger partial charge on any atom is -0.371 e. The van der Waals surface area contributed by atoms with Gasteiger partial charge in [-0.15, -0.1) is 0 Å². The molecule has 1 aliphatic heterocycles. The smallest absolute Gasteiger partial charge is 0.320 e. The van der Waals surface area contributed by atoms with Crippen molar-refractivity contribution in [2.24, 2.45) is 5.92 Å². The Hall–Kier alpha value is -3.35. The Morgan fingerprint density at radius 3 is 2.75 bits per heavy atom. The number of carbonyl (C=O) groups excluding carboxylic acids is 1. The largest absolute Gasteiger partial charge is 0.371 e. The third kappa shape index (κ3) is 4.68. The first-order valence-corrected chi connectivity index (χ1v) is 9.53. The third-order valence-electron chi connectivity index (χ3n) is 4.93. The molecule has 2 amide bonds. The number of aromatic nitrogens is 3. The Balaban J connectivity index is 1.22. The minimum absolute atomic E-state index is 0.215. The lowest BCUT2D eigenvalue weighted by atomic mass is 10.1. The van der Waals surface area contributed by atoms with E-state index >= 15 is 0 Å². The summed E-state index contributed by atoms with van der Waals surface area (Å²) in [5, 5.41) is 10.2. The minimum atomic E-state index is -0.215. The van der Waals surface area contributed by atoms with Gasteiger partial charge in [0.2, 0.25) is 0 Å². The zero-order valence-electron chi connectivity index (χ0n) is 15.7. The van der Waals surface area contributed by atoms with Gasteiger partial charge < -0.3 is 10.2 Å². The first kappa shape index (κ1) is 18.0. The van der Waals surface area contributed by atoms with Gasteiger partial charge in [-0.2, -0.15) is 5.10 Å². The molecule has 1 saturated heterocycles. The van der Waals surface area contributed by atoms with Crippen LogP contribution in [-0.4, -0.2) is 40.4 Å². The molecule has 1 fully saturated rings. The Bertz CT molecular complexity index is 896. The Labute approximate surface area is 164 Å². The number of pyridine rings is 1. The number of anilines is 2. The molecule has 144 valence electrons. The Morgan fingerprint density at radius 2 is 1.93 bits per heavy atom. The number of carbonyl (C=O) groups is 1. The van der Waals surface area contributed by atoms with Crippen molar-refractivity contribution in [3.8, 4) is 0 Å². The van der Waals surface area contributed by atoms with Crippen LogP contribution in [0, 0.1) is 5.92 Å². The van der Waals surface area contributed by atoms with E-state index in [4.69, 9.17) is 0 Å². The van der Waals surface area contributed by atoms with E-state index in [1.165, 1.54) is 5.69 Å². The second-order valence-electron chi connectivity index (χ2n) is 7.03. The maximum atomic E-state index is 12.2. The average molecular weight is 376 g/mol. The predicted octanol–water partition coefficient (Wildman–Crippen LogP) is 2.97. The molecule has 2 N–H and O–H groups in total. The predicted molar refractivity (Wildman–Crippen MR) is 109 cm³/mol. The van der Waals surface area contributed by atoms with Crippen LogP contribution in [0.25, 0.3) is 0 Å². The Kier molecular flexibility index (Phi) is 5.51. The van der Waals surface area contributed by atoms with E-state index in [9.17, 15) is 4.79 Å². The van der Waals surface area contributed by atoms with Crippen molar-refractivity contribution < 1.29 is 4.79 Å². The van der Waals surface area contributed by atoms with Crippen LogP contribution in [0.1, 0.15) is 12.0 Å². The molecule has 1 atom stereocenters. The quantitative estimate of drug-likeness (QED) is 0.694. The van der Waals surface area contributed by atoms with Gasteiger partial charge in [0.05, 0.1) is 6.54 Å². The van der Waals surface area contributed by atoms with Gasteiger partial charge in [0.1, 0.15) is 0 Å². The highest BCUT2D eigenvalue weighted by Gasteiger charge is 2.23. The molecule has 7 nitrogen and oxygen atoms in total. The molecule has 1 unspecified atom stereocenters. The first-order chi connectivity index (χ1) is 13.8. The van der Waals surface area contributed by atoms with E-state index in [1.807, 2.05) is 24.4 Å². The zero-order chi connectivity index (χ0) is 19.2. The second kappa shape index (κ2) is 8.56. The monoisotopic (exact) mass is 376 g/mol. The normalized spacial score (nSPS) is 16.1. The van der Waals surface area contributed by atoms with E-state index in [0.29, 0.717) is 24.8 Å². The van der Waals surface area contributed by atoms with E-state index in [-0.39, 0.29) is 6.03 Å². The summed E-state index contributed by atoms with van der Waals surface area (Å²) in [6.07, 6.45) is 6.45. The van der Waals surface area contributed by atoms with Crippen molar-refractivity contribution in [1.82, 2.24) is 20.1 Å². The lowest BCUT2D eigenvalue weighted by Crippen LogP contribution is -2.34. The molecule has 0 spiro atoms. The van der Waals surface area contributed by atoms with Crippen LogP contribution < -0.4 is 15.5 Å². The molecule has 2 aromatic heterocycles.